The Morgan fingerprint density at radius 2 is 1.23 bits per heavy atom. The Labute approximate surface area is 360 Å². The monoisotopic (exact) mass is 836 g/mol. The lowest BCUT2D eigenvalue weighted by molar-refractivity contribution is -0.139. The van der Waals surface area contributed by atoms with Crippen molar-refractivity contribution in [3.05, 3.63) is 121 Å². The molecule has 2 aliphatic rings. The average molecular weight is 837 g/mol. The van der Waals surface area contributed by atoms with Crippen LogP contribution >= 0.6 is 0 Å². The fourth-order valence-corrected chi connectivity index (χ4v) is 8.79. The maximum Gasteiger partial charge on any atom is 0.407 e. The van der Waals surface area contributed by atoms with Crippen LogP contribution in [0.4, 0.5) is 9.59 Å². The maximum atomic E-state index is 14.2. The predicted molar refractivity (Wildman–Crippen MR) is 235 cm³/mol. The first-order valence-electron chi connectivity index (χ1n) is 21.1. The summed E-state index contributed by atoms with van der Waals surface area (Å²) in [6.07, 6.45) is 5.50. The summed E-state index contributed by atoms with van der Waals surface area (Å²) in [4.78, 5) is 72.3. The molecule has 0 spiro atoms. The standard InChI is InChI=1S/C48H52N8O6/c1-29(2)41(53-46(59)61-4)44(57)55-23-9-13-39(55)42-50-28-38(52-42)35-22-21-33-25-32(19-20-34(33)26-35)30-15-17-31(18-16-30)37-27-49-43(51-37)40-14-10-24-56(40)45(58)48(3,54-47(60)62-5)36-11-7-6-8-12-36/h6-8,11-12,15-22,25-29,39-41H,9-10,13-14,23-24H2,1-5H3,(H,49,51)(H,50,52)(H,53,59)(H,54,60)/t39-,40-,41-,48?/m0/s1. The minimum absolute atomic E-state index is 0.109. The number of aromatic nitrogens is 4. The van der Waals surface area contributed by atoms with E-state index in [1.165, 1.54) is 14.2 Å². The molecule has 62 heavy (non-hydrogen) atoms. The van der Waals surface area contributed by atoms with Gasteiger partial charge in [-0.05, 0) is 83.7 Å². The summed E-state index contributed by atoms with van der Waals surface area (Å²) >= 11 is 0. The van der Waals surface area contributed by atoms with Crippen LogP contribution in [0.5, 0.6) is 0 Å². The van der Waals surface area contributed by atoms with Crippen molar-refractivity contribution >= 4 is 34.8 Å². The molecule has 4 aromatic carbocycles. The van der Waals surface area contributed by atoms with Gasteiger partial charge in [-0.1, -0.05) is 92.7 Å². The number of imidazole rings is 2. The van der Waals surface area contributed by atoms with Crippen molar-refractivity contribution < 1.29 is 28.7 Å². The van der Waals surface area contributed by atoms with E-state index < -0.39 is 23.8 Å². The Kier molecular flexibility index (Phi) is 11.8. The van der Waals surface area contributed by atoms with Crippen LogP contribution in [0.3, 0.4) is 0 Å². The molecule has 4 heterocycles. The number of nitrogens with one attached hydrogen (secondary N) is 4. The Morgan fingerprint density at radius 1 is 0.694 bits per heavy atom. The van der Waals surface area contributed by atoms with Crippen LogP contribution in [0.25, 0.3) is 44.4 Å². The number of ether oxygens (including phenoxy) is 2. The van der Waals surface area contributed by atoms with E-state index >= 15 is 0 Å². The number of carbonyl (C=O) groups is 4. The number of likely N-dealkylation sites (tertiary alicyclic amines) is 2. The number of amides is 4. The summed E-state index contributed by atoms with van der Waals surface area (Å²) < 4.78 is 9.67. The molecular formula is C48H52N8O6. The number of hydrogen-bond acceptors (Lipinski definition) is 8. The van der Waals surface area contributed by atoms with Gasteiger partial charge >= 0.3 is 12.2 Å². The van der Waals surface area contributed by atoms with Gasteiger partial charge in [0, 0.05) is 18.7 Å². The topological polar surface area (TPSA) is 175 Å². The van der Waals surface area contributed by atoms with E-state index in [4.69, 9.17) is 19.4 Å². The first-order chi connectivity index (χ1) is 30.0. The van der Waals surface area contributed by atoms with Gasteiger partial charge in [-0.25, -0.2) is 19.6 Å². The normalized spacial score (nSPS) is 17.8. The van der Waals surface area contributed by atoms with E-state index in [9.17, 15) is 19.2 Å². The minimum Gasteiger partial charge on any atom is -0.453 e. The van der Waals surface area contributed by atoms with Crippen LogP contribution in [0, 0.1) is 5.92 Å². The Bertz CT molecular complexity index is 2590. The van der Waals surface area contributed by atoms with Gasteiger partial charge < -0.3 is 39.9 Å². The number of methoxy groups -OCH3 is 2. The molecule has 2 aliphatic heterocycles. The molecule has 1 unspecified atom stereocenters. The molecule has 14 heteroatoms. The van der Waals surface area contributed by atoms with Crippen molar-refractivity contribution in [3.8, 4) is 33.6 Å². The second-order valence-electron chi connectivity index (χ2n) is 16.5. The van der Waals surface area contributed by atoms with Gasteiger partial charge in [0.15, 0.2) is 0 Å². The van der Waals surface area contributed by atoms with E-state index in [1.807, 2.05) is 55.3 Å². The summed E-state index contributed by atoms with van der Waals surface area (Å²) in [7, 11) is 2.58. The van der Waals surface area contributed by atoms with Gasteiger partial charge in [0.05, 0.1) is 50.1 Å². The zero-order valence-electron chi connectivity index (χ0n) is 35.6. The first-order valence-corrected chi connectivity index (χ1v) is 21.1. The maximum absolute atomic E-state index is 14.2. The van der Waals surface area contributed by atoms with Crippen molar-refractivity contribution in [2.45, 2.75) is 70.1 Å². The SMILES string of the molecule is COC(=O)N[C@H](C(=O)N1CCC[C@H]1c1ncc(-c2ccc3cc(-c4ccc(-c5cnc([C@@H]6CCCN6C(=O)C(C)(NC(=O)OC)c6ccccc6)[nH]5)cc4)ccc3c2)[nH]1)C(C)C. The molecule has 2 saturated heterocycles. The number of aromatic amines is 2. The Balaban J connectivity index is 0.950. The van der Waals surface area contributed by atoms with Crippen LogP contribution < -0.4 is 10.6 Å². The molecular weight excluding hydrogens is 785 g/mol. The van der Waals surface area contributed by atoms with Gasteiger partial charge in [-0.2, -0.15) is 0 Å². The number of benzene rings is 4. The molecule has 6 aromatic rings. The summed E-state index contributed by atoms with van der Waals surface area (Å²) in [6, 6.07) is 29.1. The fraction of sp³-hybridized carbons (Fsp3) is 0.333. The number of fused-ring (bicyclic) bond motifs is 1. The van der Waals surface area contributed by atoms with Crippen LogP contribution in [-0.4, -0.2) is 87.1 Å². The van der Waals surface area contributed by atoms with Gasteiger partial charge in [0.25, 0.3) is 5.91 Å². The van der Waals surface area contributed by atoms with E-state index in [1.54, 1.807) is 18.0 Å². The molecule has 4 amide bonds. The van der Waals surface area contributed by atoms with E-state index in [2.05, 4.69) is 81.3 Å². The zero-order chi connectivity index (χ0) is 43.5. The van der Waals surface area contributed by atoms with Gasteiger partial charge in [0.2, 0.25) is 5.91 Å². The Morgan fingerprint density at radius 3 is 1.84 bits per heavy atom. The average Bonchev–Trinajstić information content (AvgIpc) is 4.15. The number of alkyl carbamates (subject to hydrolysis) is 2. The second-order valence-corrected chi connectivity index (χ2v) is 16.5. The molecule has 4 N–H and O–H groups in total. The predicted octanol–water partition coefficient (Wildman–Crippen LogP) is 8.27. The number of carbonyl (C=O) groups excluding carboxylic acids is 4. The number of nitrogens with zero attached hydrogens (tertiary/aromatic N) is 4. The number of H-pyrrole nitrogens is 2. The molecule has 2 fully saturated rings. The number of hydrogen-bond donors (Lipinski definition) is 4. The molecule has 2 aromatic heterocycles. The van der Waals surface area contributed by atoms with Crippen LogP contribution in [0.1, 0.15) is 75.8 Å². The summed E-state index contributed by atoms with van der Waals surface area (Å²) in [5, 5.41) is 7.68. The van der Waals surface area contributed by atoms with Crippen molar-refractivity contribution in [1.82, 2.24) is 40.4 Å². The molecule has 0 saturated carbocycles. The lowest BCUT2D eigenvalue weighted by atomic mass is 9.90. The van der Waals surface area contributed by atoms with Gasteiger partial charge in [-0.3, -0.25) is 9.59 Å². The summed E-state index contributed by atoms with van der Waals surface area (Å²) in [5.41, 5.74) is 5.16. The molecule has 14 nitrogen and oxygen atoms in total. The second kappa shape index (κ2) is 17.6. The molecule has 4 atom stereocenters. The lowest BCUT2D eigenvalue weighted by Crippen LogP contribution is -2.55. The third kappa shape index (κ3) is 8.24. The minimum atomic E-state index is -1.33. The van der Waals surface area contributed by atoms with Crippen molar-refractivity contribution in [2.24, 2.45) is 5.92 Å². The van der Waals surface area contributed by atoms with E-state index in [0.717, 1.165) is 75.9 Å². The fourth-order valence-electron chi connectivity index (χ4n) is 8.79. The summed E-state index contributed by atoms with van der Waals surface area (Å²) in [6.45, 7) is 6.65. The highest BCUT2D eigenvalue weighted by atomic mass is 16.5. The van der Waals surface area contributed by atoms with Crippen molar-refractivity contribution in [2.75, 3.05) is 27.3 Å². The van der Waals surface area contributed by atoms with Gasteiger partial charge in [-0.15, -0.1) is 0 Å². The lowest BCUT2D eigenvalue weighted by Gasteiger charge is -2.35. The van der Waals surface area contributed by atoms with Crippen LogP contribution in [0.15, 0.2) is 103 Å². The molecule has 0 radical (unpaired) electrons. The quantitative estimate of drug-likeness (QED) is 0.101. The van der Waals surface area contributed by atoms with Gasteiger partial charge in [0.1, 0.15) is 23.2 Å². The first kappa shape index (κ1) is 41.8. The van der Waals surface area contributed by atoms with Crippen LogP contribution in [0.2, 0.25) is 0 Å². The smallest absolute Gasteiger partial charge is 0.407 e. The largest absolute Gasteiger partial charge is 0.453 e. The van der Waals surface area contributed by atoms with E-state index in [-0.39, 0.29) is 29.8 Å². The Hall–Kier alpha value is -6.96. The highest BCUT2D eigenvalue weighted by molar-refractivity contribution is 5.92. The van der Waals surface area contributed by atoms with Crippen molar-refractivity contribution in [3.63, 3.8) is 0 Å². The zero-order valence-corrected chi connectivity index (χ0v) is 35.6. The highest BCUT2D eigenvalue weighted by Crippen LogP contribution is 2.37. The van der Waals surface area contributed by atoms with Crippen LogP contribution in [-0.2, 0) is 24.6 Å². The van der Waals surface area contributed by atoms with Crippen molar-refractivity contribution in [1.29, 1.82) is 0 Å². The molecule has 0 aliphatic carbocycles. The third-order valence-electron chi connectivity index (χ3n) is 12.3. The molecule has 0 bridgehead atoms. The molecule has 320 valence electrons. The third-order valence-corrected chi connectivity index (χ3v) is 12.3. The number of rotatable bonds is 11. The van der Waals surface area contributed by atoms with E-state index in [0.29, 0.717) is 24.5 Å². The summed E-state index contributed by atoms with van der Waals surface area (Å²) in [5.74, 6) is 0.948. The highest BCUT2D eigenvalue weighted by Gasteiger charge is 2.45. The molecule has 8 rings (SSSR count).